The summed E-state index contributed by atoms with van der Waals surface area (Å²) >= 11 is 0. The maximum atomic E-state index is 2.61. The number of nitrogens with zero attached hydrogens (tertiary/aromatic N) is 2. The molecule has 0 saturated carbocycles. The molecule has 0 aliphatic rings. The van der Waals surface area contributed by atoms with Gasteiger partial charge in [0, 0.05) is 6.42 Å². The highest BCUT2D eigenvalue weighted by atomic mass is 15.1. The maximum Gasteiger partial charge on any atom is 0.256 e. The lowest BCUT2D eigenvalue weighted by Gasteiger charge is -2.07. The van der Waals surface area contributed by atoms with Crippen LogP contribution in [0.2, 0.25) is 0 Å². The summed E-state index contributed by atoms with van der Waals surface area (Å²) in [4.78, 5) is 0. The molecule has 0 aliphatic heterocycles. The van der Waals surface area contributed by atoms with Crippen LogP contribution in [0.4, 0.5) is 0 Å². The molecule has 0 amide bonds. The van der Waals surface area contributed by atoms with Gasteiger partial charge in [-0.2, -0.15) is 0 Å². The summed E-state index contributed by atoms with van der Waals surface area (Å²) in [6.07, 6.45) is 47.5. The Morgan fingerprint density at radius 1 is 0.425 bits per heavy atom. The van der Waals surface area contributed by atoms with Crippen molar-refractivity contribution in [1.29, 1.82) is 0 Å². The molecule has 1 rings (SSSR count). The highest BCUT2D eigenvalue weighted by molar-refractivity contribution is 4.84. The molecule has 236 valence electrons. The Morgan fingerprint density at radius 2 is 0.775 bits per heavy atom. The van der Waals surface area contributed by atoms with E-state index in [9.17, 15) is 0 Å². The lowest BCUT2D eigenvalue weighted by atomic mass is 10.0. The van der Waals surface area contributed by atoms with Gasteiger partial charge in [-0.25, -0.2) is 9.13 Å². The highest BCUT2D eigenvalue weighted by Gasteiger charge is 2.16. The summed E-state index contributed by atoms with van der Waals surface area (Å²) < 4.78 is 5.18. The van der Waals surface area contributed by atoms with Crippen LogP contribution >= 0.6 is 0 Å². The van der Waals surface area contributed by atoms with E-state index in [-0.39, 0.29) is 0 Å². The molecule has 2 heteroatoms. The third-order valence-electron chi connectivity index (χ3n) is 9.10. The Balaban J connectivity index is 2.10. The Morgan fingerprint density at radius 3 is 1.18 bits per heavy atom. The standard InChI is InChI=1S/C38H75N2/c1-4-7-10-12-14-16-18-20-21-22-23-25-27-29-31-33-38-39(34-9-6-3)36-37-40(38)35-32-30-28-26-24-19-17-15-13-11-8-5-2/h36-37H,4-35H2,1-3H3/q+1. The number of unbranched alkanes of at least 4 members (excludes halogenated alkanes) is 26. The van der Waals surface area contributed by atoms with Gasteiger partial charge < -0.3 is 0 Å². The van der Waals surface area contributed by atoms with Crippen LogP contribution in [0, 0.1) is 0 Å². The fraction of sp³-hybridized carbons (Fsp3) is 0.921. The van der Waals surface area contributed by atoms with E-state index in [1.54, 1.807) is 5.82 Å². The monoisotopic (exact) mass is 560 g/mol. The van der Waals surface area contributed by atoms with Crippen LogP contribution in [0.15, 0.2) is 12.4 Å². The topological polar surface area (TPSA) is 8.81 Å². The quantitative estimate of drug-likeness (QED) is 0.0613. The van der Waals surface area contributed by atoms with Crippen LogP contribution in [-0.2, 0) is 19.5 Å². The SMILES string of the molecule is CCCCCCCCCCCCCCCCCc1n(CCCC)cc[n+]1CCCCCCCCCCCCCC. The first kappa shape index (κ1) is 37.2. The molecule has 1 aromatic heterocycles. The molecule has 40 heavy (non-hydrogen) atoms. The summed E-state index contributed by atoms with van der Waals surface area (Å²) in [6.45, 7) is 9.37. The minimum absolute atomic E-state index is 1.20. The molecule has 0 radical (unpaired) electrons. The van der Waals surface area contributed by atoms with Gasteiger partial charge in [-0.05, 0) is 25.7 Å². The van der Waals surface area contributed by atoms with Crippen molar-refractivity contribution in [3.63, 3.8) is 0 Å². The van der Waals surface area contributed by atoms with E-state index in [4.69, 9.17) is 0 Å². The zero-order chi connectivity index (χ0) is 28.8. The van der Waals surface area contributed by atoms with E-state index in [0.717, 1.165) is 0 Å². The van der Waals surface area contributed by atoms with Crippen LogP contribution in [0.1, 0.15) is 213 Å². The van der Waals surface area contributed by atoms with Crippen molar-refractivity contribution in [2.24, 2.45) is 0 Å². The molecule has 0 fully saturated rings. The molecular weight excluding hydrogens is 484 g/mol. The van der Waals surface area contributed by atoms with Crippen LogP contribution < -0.4 is 4.57 Å². The molecular formula is C38H75N2+. The Kier molecular flexibility index (Phi) is 27.6. The third-order valence-corrected chi connectivity index (χ3v) is 9.10. The van der Waals surface area contributed by atoms with Crippen LogP contribution in [-0.4, -0.2) is 4.57 Å². The number of aryl methyl sites for hydroxylation is 2. The number of hydrogen-bond donors (Lipinski definition) is 0. The van der Waals surface area contributed by atoms with Crippen molar-refractivity contribution in [3.8, 4) is 0 Å². The average molecular weight is 560 g/mol. The Hall–Kier alpha value is -0.790. The summed E-state index contributed by atoms with van der Waals surface area (Å²) in [5.41, 5.74) is 0. The lowest BCUT2D eigenvalue weighted by Crippen LogP contribution is -2.37. The molecule has 0 unspecified atom stereocenters. The number of hydrogen-bond acceptors (Lipinski definition) is 0. The first-order valence-electron chi connectivity index (χ1n) is 18.9. The minimum Gasteiger partial charge on any atom is -0.234 e. The molecule has 0 atom stereocenters. The molecule has 1 aromatic rings. The van der Waals surface area contributed by atoms with Gasteiger partial charge in [-0.3, -0.25) is 0 Å². The lowest BCUT2D eigenvalue weighted by molar-refractivity contribution is -0.704. The van der Waals surface area contributed by atoms with Gasteiger partial charge >= 0.3 is 0 Å². The van der Waals surface area contributed by atoms with Crippen molar-refractivity contribution < 1.29 is 4.57 Å². The van der Waals surface area contributed by atoms with Gasteiger partial charge in [0.05, 0.1) is 13.1 Å². The number of aromatic nitrogens is 2. The Labute approximate surface area is 253 Å². The fourth-order valence-corrected chi connectivity index (χ4v) is 6.30. The van der Waals surface area contributed by atoms with Crippen LogP contribution in [0.25, 0.3) is 0 Å². The largest absolute Gasteiger partial charge is 0.256 e. The van der Waals surface area contributed by atoms with E-state index in [2.05, 4.69) is 42.3 Å². The first-order valence-corrected chi connectivity index (χ1v) is 18.9. The molecule has 0 spiro atoms. The number of rotatable bonds is 32. The van der Waals surface area contributed by atoms with Crippen molar-refractivity contribution in [2.75, 3.05) is 0 Å². The Bertz CT molecular complexity index is 619. The van der Waals surface area contributed by atoms with Gasteiger partial charge in [0.25, 0.3) is 5.82 Å². The second kappa shape index (κ2) is 29.7. The second-order valence-electron chi connectivity index (χ2n) is 13.0. The predicted octanol–water partition coefficient (Wildman–Crippen LogP) is 12.7. The van der Waals surface area contributed by atoms with Gasteiger partial charge in [-0.15, -0.1) is 0 Å². The van der Waals surface area contributed by atoms with E-state index in [1.165, 1.54) is 206 Å². The summed E-state index contributed by atoms with van der Waals surface area (Å²) in [7, 11) is 0. The smallest absolute Gasteiger partial charge is 0.234 e. The molecule has 0 bridgehead atoms. The van der Waals surface area contributed by atoms with Crippen LogP contribution in [0.5, 0.6) is 0 Å². The summed E-state index contributed by atoms with van der Waals surface area (Å²) in [6, 6.07) is 0. The van der Waals surface area contributed by atoms with Gasteiger partial charge in [0.2, 0.25) is 0 Å². The summed E-state index contributed by atoms with van der Waals surface area (Å²) in [5, 5.41) is 0. The van der Waals surface area contributed by atoms with Gasteiger partial charge in [-0.1, -0.05) is 181 Å². The van der Waals surface area contributed by atoms with Gasteiger partial charge in [0.15, 0.2) is 0 Å². The van der Waals surface area contributed by atoms with Crippen molar-refractivity contribution in [3.05, 3.63) is 18.2 Å². The van der Waals surface area contributed by atoms with Gasteiger partial charge in [0.1, 0.15) is 12.4 Å². The normalized spacial score (nSPS) is 11.6. The first-order chi connectivity index (χ1) is 19.8. The molecule has 1 heterocycles. The molecule has 0 N–H and O–H groups in total. The molecule has 0 aromatic carbocycles. The van der Waals surface area contributed by atoms with E-state index in [1.807, 2.05) is 0 Å². The summed E-state index contributed by atoms with van der Waals surface area (Å²) in [5.74, 6) is 1.60. The average Bonchev–Trinajstić information content (AvgIpc) is 3.35. The van der Waals surface area contributed by atoms with E-state index in [0.29, 0.717) is 0 Å². The van der Waals surface area contributed by atoms with E-state index < -0.39 is 0 Å². The second-order valence-corrected chi connectivity index (χ2v) is 13.0. The predicted molar refractivity (Wildman–Crippen MR) is 179 cm³/mol. The van der Waals surface area contributed by atoms with Crippen molar-refractivity contribution in [2.45, 2.75) is 226 Å². The number of imidazole rings is 1. The van der Waals surface area contributed by atoms with E-state index >= 15 is 0 Å². The minimum atomic E-state index is 1.20. The zero-order valence-electron chi connectivity index (χ0n) is 28.2. The highest BCUT2D eigenvalue weighted by Crippen LogP contribution is 2.15. The zero-order valence-corrected chi connectivity index (χ0v) is 28.2. The molecule has 2 nitrogen and oxygen atoms in total. The molecule has 0 aliphatic carbocycles. The van der Waals surface area contributed by atoms with Crippen molar-refractivity contribution >= 4 is 0 Å². The fourth-order valence-electron chi connectivity index (χ4n) is 6.30. The molecule has 0 saturated heterocycles. The van der Waals surface area contributed by atoms with Crippen molar-refractivity contribution in [1.82, 2.24) is 4.57 Å². The maximum absolute atomic E-state index is 2.61. The van der Waals surface area contributed by atoms with Crippen LogP contribution in [0.3, 0.4) is 0 Å². The third kappa shape index (κ3) is 21.9.